The van der Waals surface area contributed by atoms with Crippen molar-refractivity contribution in [1.29, 1.82) is 0 Å². The molecular formula is C12H16ClN3O3. The molecule has 0 atom stereocenters. The molecule has 0 aliphatic heterocycles. The Bertz CT molecular complexity index is 476. The molecule has 1 heterocycles. The number of nitrogens with zero attached hydrogens (tertiary/aromatic N) is 3. The van der Waals surface area contributed by atoms with Crippen LogP contribution in [0.2, 0.25) is 5.28 Å². The molecule has 0 unspecified atom stereocenters. The van der Waals surface area contributed by atoms with Gasteiger partial charge in [-0.05, 0) is 37.3 Å². The van der Waals surface area contributed by atoms with E-state index in [4.69, 9.17) is 16.3 Å². The summed E-state index contributed by atoms with van der Waals surface area (Å²) in [7, 11) is 0. The minimum atomic E-state index is -0.526. The van der Waals surface area contributed by atoms with Crippen molar-refractivity contribution in [3.8, 4) is 5.88 Å². The fourth-order valence-corrected chi connectivity index (χ4v) is 2.57. The van der Waals surface area contributed by atoms with Crippen LogP contribution in [0.5, 0.6) is 5.88 Å². The second kappa shape index (κ2) is 6.14. The summed E-state index contributed by atoms with van der Waals surface area (Å²) in [6.07, 6.45) is 5.85. The van der Waals surface area contributed by atoms with Crippen LogP contribution in [0.4, 0.5) is 5.69 Å². The third kappa shape index (κ3) is 3.53. The molecule has 104 valence electrons. The van der Waals surface area contributed by atoms with Crippen molar-refractivity contribution in [3.05, 3.63) is 21.1 Å². The minimum absolute atomic E-state index is 0.0203. The maximum absolute atomic E-state index is 11.0. The summed E-state index contributed by atoms with van der Waals surface area (Å²) in [6.45, 7) is 1.98. The number of rotatable bonds is 4. The SMILES string of the molecule is Cc1nc(Cl)nc(OCC2CCCCC2)c1[N+](=O)[O-]. The summed E-state index contributed by atoms with van der Waals surface area (Å²) in [5, 5.41) is 11.0. The number of aromatic nitrogens is 2. The first-order valence-electron chi connectivity index (χ1n) is 6.39. The van der Waals surface area contributed by atoms with Gasteiger partial charge in [-0.3, -0.25) is 10.1 Å². The standard InChI is InChI=1S/C12H16ClN3O3/c1-8-10(16(17)18)11(15-12(13)14-8)19-7-9-5-3-2-4-6-9/h9H,2-7H2,1H3. The quantitative estimate of drug-likeness (QED) is 0.482. The van der Waals surface area contributed by atoms with Crippen molar-refractivity contribution < 1.29 is 9.66 Å². The number of hydrogen-bond donors (Lipinski definition) is 0. The molecule has 0 radical (unpaired) electrons. The van der Waals surface area contributed by atoms with Gasteiger partial charge in [0.05, 0.1) is 11.5 Å². The summed E-state index contributed by atoms with van der Waals surface area (Å²) in [5.41, 5.74) is 0.0313. The van der Waals surface area contributed by atoms with Crippen LogP contribution >= 0.6 is 11.6 Å². The van der Waals surface area contributed by atoms with Gasteiger partial charge in [0.15, 0.2) is 0 Å². The Labute approximate surface area is 116 Å². The number of aryl methyl sites for hydroxylation is 1. The molecule has 1 aliphatic rings. The topological polar surface area (TPSA) is 78.2 Å². The molecule has 19 heavy (non-hydrogen) atoms. The Kier molecular flexibility index (Phi) is 4.52. The Morgan fingerprint density at radius 3 is 2.68 bits per heavy atom. The van der Waals surface area contributed by atoms with Gasteiger partial charge in [0.1, 0.15) is 5.69 Å². The largest absolute Gasteiger partial charge is 0.472 e. The molecule has 0 spiro atoms. The molecule has 1 aliphatic carbocycles. The van der Waals surface area contributed by atoms with Gasteiger partial charge < -0.3 is 4.74 Å². The van der Waals surface area contributed by atoms with Crippen molar-refractivity contribution >= 4 is 17.3 Å². The zero-order valence-corrected chi connectivity index (χ0v) is 11.5. The monoisotopic (exact) mass is 285 g/mol. The Morgan fingerprint density at radius 1 is 1.37 bits per heavy atom. The minimum Gasteiger partial charge on any atom is -0.472 e. The first-order chi connectivity index (χ1) is 9.08. The van der Waals surface area contributed by atoms with E-state index in [1.807, 2.05) is 0 Å². The summed E-state index contributed by atoms with van der Waals surface area (Å²) < 4.78 is 5.52. The normalized spacial score (nSPS) is 16.3. The average Bonchev–Trinajstić information content (AvgIpc) is 2.36. The number of nitro groups is 1. The molecule has 0 aromatic carbocycles. The van der Waals surface area contributed by atoms with Crippen molar-refractivity contribution in [2.24, 2.45) is 5.92 Å². The second-order valence-electron chi connectivity index (χ2n) is 4.80. The lowest BCUT2D eigenvalue weighted by Gasteiger charge is -2.21. The fourth-order valence-electron chi connectivity index (χ4n) is 2.37. The van der Waals surface area contributed by atoms with Crippen molar-refractivity contribution in [2.75, 3.05) is 6.61 Å². The summed E-state index contributed by atoms with van der Waals surface area (Å²) >= 11 is 5.72. The van der Waals surface area contributed by atoms with E-state index in [1.54, 1.807) is 0 Å². The van der Waals surface area contributed by atoms with E-state index < -0.39 is 4.92 Å². The van der Waals surface area contributed by atoms with E-state index in [0.717, 1.165) is 12.8 Å². The number of ether oxygens (including phenoxy) is 1. The van der Waals surface area contributed by atoms with Crippen LogP contribution in [0.3, 0.4) is 0 Å². The van der Waals surface area contributed by atoms with Crippen LogP contribution < -0.4 is 4.74 Å². The number of hydrogen-bond acceptors (Lipinski definition) is 5. The Morgan fingerprint density at radius 2 is 2.05 bits per heavy atom. The summed E-state index contributed by atoms with van der Waals surface area (Å²) in [4.78, 5) is 18.1. The van der Waals surface area contributed by atoms with Crippen LogP contribution in [0.15, 0.2) is 0 Å². The third-order valence-corrected chi connectivity index (χ3v) is 3.53. The lowest BCUT2D eigenvalue weighted by molar-refractivity contribution is -0.387. The molecule has 1 aromatic rings. The van der Waals surface area contributed by atoms with E-state index in [9.17, 15) is 10.1 Å². The highest BCUT2D eigenvalue weighted by molar-refractivity contribution is 6.28. The zero-order chi connectivity index (χ0) is 13.8. The Hall–Kier alpha value is -1.43. The predicted molar refractivity (Wildman–Crippen MR) is 70.5 cm³/mol. The summed E-state index contributed by atoms with van der Waals surface area (Å²) in [6, 6.07) is 0. The van der Waals surface area contributed by atoms with E-state index in [2.05, 4.69) is 9.97 Å². The smallest absolute Gasteiger partial charge is 0.352 e. The first kappa shape index (κ1) is 14.0. The van der Waals surface area contributed by atoms with Gasteiger partial charge in [-0.25, -0.2) is 4.98 Å². The molecular weight excluding hydrogens is 270 g/mol. The average molecular weight is 286 g/mol. The Balaban J connectivity index is 2.12. The predicted octanol–water partition coefficient (Wildman–Crippen LogP) is 3.31. The van der Waals surface area contributed by atoms with E-state index >= 15 is 0 Å². The van der Waals surface area contributed by atoms with Gasteiger partial charge in [0.2, 0.25) is 5.28 Å². The van der Waals surface area contributed by atoms with Gasteiger partial charge >= 0.3 is 5.69 Å². The number of halogens is 1. The molecule has 7 heteroatoms. The molecule has 6 nitrogen and oxygen atoms in total. The molecule has 0 amide bonds. The lowest BCUT2D eigenvalue weighted by atomic mass is 9.90. The summed E-state index contributed by atoms with van der Waals surface area (Å²) in [5.74, 6) is 0.426. The fraction of sp³-hybridized carbons (Fsp3) is 0.667. The maximum atomic E-state index is 11.0. The maximum Gasteiger partial charge on any atom is 0.352 e. The van der Waals surface area contributed by atoms with Gasteiger partial charge in [-0.1, -0.05) is 19.3 Å². The second-order valence-corrected chi connectivity index (χ2v) is 5.14. The molecule has 0 bridgehead atoms. The van der Waals surface area contributed by atoms with Gasteiger partial charge in [-0.2, -0.15) is 4.98 Å². The van der Waals surface area contributed by atoms with Gasteiger partial charge in [0.25, 0.3) is 5.88 Å². The van der Waals surface area contributed by atoms with Crippen LogP contribution in [0, 0.1) is 23.0 Å². The van der Waals surface area contributed by atoms with E-state index in [1.165, 1.54) is 26.2 Å². The molecule has 2 rings (SSSR count). The van der Waals surface area contributed by atoms with Crippen LogP contribution in [0.25, 0.3) is 0 Å². The van der Waals surface area contributed by atoms with Crippen molar-refractivity contribution in [3.63, 3.8) is 0 Å². The lowest BCUT2D eigenvalue weighted by Crippen LogP contribution is -2.16. The highest BCUT2D eigenvalue weighted by Gasteiger charge is 2.24. The third-order valence-electron chi connectivity index (χ3n) is 3.36. The van der Waals surface area contributed by atoms with Crippen molar-refractivity contribution in [1.82, 2.24) is 9.97 Å². The van der Waals surface area contributed by atoms with Crippen molar-refractivity contribution in [2.45, 2.75) is 39.0 Å². The highest BCUT2D eigenvalue weighted by Crippen LogP contribution is 2.30. The molecule has 1 aromatic heterocycles. The first-order valence-corrected chi connectivity index (χ1v) is 6.77. The highest BCUT2D eigenvalue weighted by atomic mass is 35.5. The molecule has 1 saturated carbocycles. The van der Waals surface area contributed by atoms with E-state index in [0.29, 0.717) is 12.5 Å². The van der Waals surface area contributed by atoms with Crippen LogP contribution in [0.1, 0.15) is 37.8 Å². The zero-order valence-electron chi connectivity index (χ0n) is 10.8. The van der Waals surface area contributed by atoms with E-state index in [-0.39, 0.29) is 22.5 Å². The molecule has 1 fully saturated rings. The van der Waals surface area contributed by atoms with Crippen LogP contribution in [-0.2, 0) is 0 Å². The van der Waals surface area contributed by atoms with Gasteiger partial charge in [-0.15, -0.1) is 0 Å². The van der Waals surface area contributed by atoms with Gasteiger partial charge in [0, 0.05) is 0 Å². The van der Waals surface area contributed by atoms with Crippen LogP contribution in [-0.4, -0.2) is 21.5 Å². The molecule has 0 N–H and O–H groups in total. The molecule has 0 saturated heterocycles.